The maximum atomic E-state index is 13.9. The molecule has 2 atom stereocenters. The Morgan fingerprint density at radius 2 is 1.69 bits per heavy atom. The number of hydrogen-bond acceptors (Lipinski definition) is 5. The molecule has 2 unspecified atom stereocenters. The highest BCUT2D eigenvalue weighted by Gasteiger charge is 2.40. The van der Waals surface area contributed by atoms with Crippen LogP contribution in [0.3, 0.4) is 0 Å². The molecule has 1 aromatic rings. The molecule has 1 fully saturated rings. The van der Waals surface area contributed by atoms with Crippen LogP contribution in [-0.4, -0.2) is 45.3 Å². The van der Waals surface area contributed by atoms with Gasteiger partial charge in [-0.15, -0.1) is 0 Å². The van der Waals surface area contributed by atoms with Crippen molar-refractivity contribution in [3.63, 3.8) is 0 Å². The standard InChI is InChI=1S/C13H11F2NO4.C3H8O.C2H6/c1-20-6-2-9(14)11(10(15)3-6)7-4-16-13(19)8(5-17)12(7)18;1-3-4-2;1-2/h2-3,5,7-8H,4H2,1H3,(H,16,19);3H2,1-2H3;1-2H3. The van der Waals surface area contributed by atoms with Gasteiger partial charge in [0.25, 0.3) is 0 Å². The van der Waals surface area contributed by atoms with E-state index >= 15 is 0 Å². The fourth-order valence-corrected chi connectivity index (χ4v) is 2.14. The number of nitrogens with one attached hydrogen (secondary N) is 1. The van der Waals surface area contributed by atoms with Crippen LogP contribution in [0, 0.1) is 17.6 Å². The van der Waals surface area contributed by atoms with Crippen LogP contribution in [0.4, 0.5) is 8.78 Å². The summed E-state index contributed by atoms with van der Waals surface area (Å²) in [6.45, 7) is 6.53. The smallest absolute Gasteiger partial charge is 0.237 e. The van der Waals surface area contributed by atoms with Crippen molar-refractivity contribution in [2.24, 2.45) is 5.92 Å². The van der Waals surface area contributed by atoms with Crippen LogP contribution < -0.4 is 10.1 Å². The largest absolute Gasteiger partial charge is 0.497 e. The Morgan fingerprint density at radius 1 is 1.19 bits per heavy atom. The number of amides is 1. The summed E-state index contributed by atoms with van der Waals surface area (Å²) in [6.07, 6.45) is 0.170. The minimum atomic E-state index is -1.53. The summed E-state index contributed by atoms with van der Waals surface area (Å²) in [7, 11) is 2.93. The molecule has 1 aliphatic heterocycles. The zero-order valence-corrected chi connectivity index (χ0v) is 15.6. The van der Waals surface area contributed by atoms with Crippen LogP contribution in [0.25, 0.3) is 0 Å². The molecule has 0 radical (unpaired) electrons. The van der Waals surface area contributed by atoms with Crippen LogP contribution >= 0.6 is 0 Å². The Labute approximate surface area is 151 Å². The van der Waals surface area contributed by atoms with Gasteiger partial charge >= 0.3 is 0 Å². The number of rotatable bonds is 4. The molecule has 0 spiro atoms. The zero-order chi connectivity index (χ0) is 20.3. The number of Topliss-reactive ketones (excluding diaryl/α,β-unsaturated/α-hetero) is 1. The molecule has 1 saturated heterocycles. The summed E-state index contributed by atoms with van der Waals surface area (Å²) in [5.74, 6) is -6.27. The highest BCUT2D eigenvalue weighted by atomic mass is 19.1. The summed E-state index contributed by atoms with van der Waals surface area (Å²) in [5, 5.41) is 2.29. The van der Waals surface area contributed by atoms with Crippen LogP contribution in [-0.2, 0) is 19.1 Å². The van der Waals surface area contributed by atoms with Crippen LogP contribution in [0.5, 0.6) is 5.75 Å². The molecule has 1 aromatic carbocycles. The molecule has 0 aromatic heterocycles. The van der Waals surface area contributed by atoms with E-state index in [2.05, 4.69) is 10.1 Å². The minimum absolute atomic E-state index is 0.0250. The van der Waals surface area contributed by atoms with Crippen LogP contribution in [0.1, 0.15) is 32.3 Å². The third kappa shape index (κ3) is 5.87. The van der Waals surface area contributed by atoms with Gasteiger partial charge in [0, 0.05) is 38.0 Å². The van der Waals surface area contributed by atoms with Crippen molar-refractivity contribution in [3.8, 4) is 5.75 Å². The van der Waals surface area contributed by atoms with Gasteiger partial charge in [-0.25, -0.2) is 8.78 Å². The van der Waals surface area contributed by atoms with E-state index in [0.717, 1.165) is 18.7 Å². The first-order chi connectivity index (χ1) is 12.4. The Kier molecular flexibility index (Phi) is 11.0. The zero-order valence-electron chi connectivity index (χ0n) is 15.6. The SMILES string of the molecule is CC.CCOC.COc1cc(F)c(C2CNC(=O)C(C=O)C2=O)c(F)c1. The number of ketones is 1. The Hall–Kier alpha value is -2.35. The normalized spacial score (nSPS) is 18.6. The molecule has 0 aliphatic carbocycles. The maximum absolute atomic E-state index is 13.9. The number of halogens is 2. The molecular formula is C18H25F2NO5. The van der Waals surface area contributed by atoms with E-state index in [-0.39, 0.29) is 18.6 Å². The van der Waals surface area contributed by atoms with E-state index in [9.17, 15) is 23.2 Å². The molecule has 1 amide bonds. The van der Waals surface area contributed by atoms with Gasteiger partial charge in [-0.2, -0.15) is 0 Å². The van der Waals surface area contributed by atoms with Crippen molar-refractivity contribution >= 4 is 18.0 Å². The molecule has 8 heteroatoms. The van der Waals surface area contributed by atoms with E-state index in [1.807, 2.05) is 20.8 Å². The average Bonchev–Trinajstić information content (AvgIpc) is 2.65. The first kappa shape index (κ1) is 23.6. The number of piperidine rings is 1. The van der Waals surface area contributed by atoms with Gasteiger partial charge in [0.05, 0.1) is 13.0 Å². The van der Waals surface area contributed by atoms with E-state index < -0.39 is 40.7 Å². The van der Waals surface area contributed by atoms with E-state index in [4.69, 9.17) is 4.74 Å². The second-order valence-electron chi connectivity index (χ2n) is 4.90. The summed E-state index contributed by atoms with van der Waals surface area (Å²) >= 11 is 0. The fraction of sp³-hybridized carbons (Fsp3) is 0.500. The highest BCUT2D eigenvalue weighted by Crippen LogP contribution is 2.30. The lowest BCUT2D eigenvalue weighted by atomic mass is 9.84. The Morgan fingerprint density at radius 3 is 2.08 bits per heavy atom. The lowest BCUT2D eigenvalue weighted by Gasteiger charge is -2.26. The van der Waals surface area contributed by atoms with Crippen LogP contribution in [0.15, 0.2) is 12.1 Å². The van der Waals surface area contributed by atoms with Crippen molar-refractivity contribution in [2.45, 2.75) is 26.7 Å². The number of carbonyl (C=O) groups excluding carboxylic acids is 3. The molecule has 146 valence electrons. The van der Waals surface area contributed by atoms with Crippen molar-refractivity contribution in [2.75, 3.05) is 27.4 Å². The van der Waals surface area contributed by atoms with Crippen molar-refractivity contribution in [3.05, 3.63) is 29.3 Å². The predicted octanol–water partition coefficient (Wildman–Crippen LogP) is 2.25. The summed E-state index contributed by atoms with van der Waals surface area (Å²) in [5.41, 5.74) is -0.470. The maximum Gasteiger partial charge on any atom is 0.237 e. The van der Waals surface area contributed by atoms with E-state index in [0.29, 0.717) is 0 Å². The highest BCUT2D eigenvalue weighted by molar-refractivity contribution is 6.16. The fourth-order valence-electron chi connectivity index (χ4n) is 2.14. The number of hydrogen-bond donors (Lipinski definition) is 1. The first-order valence-corrected chi connectivity index (χ1v) is 8.19. The van der Waals surface area contributed by atoms with Gasteiger partial charge in [-0.3, -0.25) is 9.59 Å². The van der Waals surface area contributed by atoms with Crippen LogP contribution in [0.2, 0.25) is 0 Å². The second kappa shape index (κ2) is 12.1. The van der Waals surface area contributed by atoms with Crippen molar-refractivity contribution < 1.29 is 32.6 Å². The van der Waals surface area contributed by atoms with E-state index in [1.165, 1.54) is 7.11 Å². The molecule has 1 N–H and O–H groups in total. The Bertz CT molecular complexity index is 597. The minimum Gasteiger partial charge on any atom is -0.497 e. The molecule has 26 heavy (non-hydrogen) atoms. The van der Waals surface area contributed by atoms with E-state index in [1.54, 1.807) is 7.11 Å². The number of methoxy groups -OCH3 is 2. The van der Waals surface area contributed by atoms with Gasteiger partial charge in [0.2, 0.25) is 5.91 Å². The molecule has 0 saturated carbocycles. The van der Waals surface area contributed by atoms with Gasteiger partial charge in [0.15, 0.2) is 11.7 Å². The van der Waals surface area contributed by atoms with Gasteiger partial charge in [-0.05, 0) is 6.92 Å². The summed E-state index contributed by atoms with van der Waals surface area (Å²) in [4.78, 5) is 34.0. The lowest BCUT2D eigenvalue weighted by Crippen LogP contribution is -2.48. The number of carbonyl (C=O) groups is 3. The first-order valence-electron chi connectivity index (χ1n) is 8.19. The number of ether oxygens (including phenoxy) is 2. The Balaban J connectivity index is 0.000000920. The van der Waals surface area contributed by atoms with Gasteiger partial charge in [-0.1, -0.05) is 13.8 Å². The van der Waals surface area contributed by atoms with Crippen molar-refractivity contribution in [1.29, 1.82) is 0 Å². The molecule has 6 nitrogen and oxygen atoms in total. The predicted molar refractivity (Wildman–Crippen MR) is 92.1 cm³/mol. The van der Waals surface area contributed by atoms with Gasteiger partial charge in [0.1, 0.15) is 23.7 Å². The van der Waals surface area contributed by atoms with Crippen molar-refractivity contribution in [1.82, 2.24) is 5.32 Å². The molecule has 0 bridgehead atoms. The third-order valence-corrected chi connectivity index (χ3v) is 3.47. The topological polar surface area (TPSA) is 81.7 Å². The number of benzene rings is 1. The molecule has 2 rings (SSSR count). The average molecular weight is 373 g/mol. The molecule has 1 heterocycles. The summed E-state index contributed by atoms with van der Waals surface area (Å²) in [6, 6.07) is 1.88. The lowest BCUT2D eigenvalue weighted by molar-refractivity contribution is -0.140. The molecule has 1 aliphatic rings. The quantitative estimate of drug-likeness (QED) is 0.647. The summed E-state index contributed by atoms with van der Waals surface area (Å²) < 4.78 is 37.1. The monoisotopic (exact) mass is 373 g/mol. The third-order valence-electron chi connectivity index (χ3n) is 3.47. The second-order valence-corrected chi connectivity index (χ2v) is 4.90. The number of aldehydes is 1. The molecular weight excluding hydrogens is 348 g/mol. The van der Waals surface area contributed by atoms with Gasteiger partial charge < -0.3 is 19.6 Å².